The molecule has 1 aromatic heterocycles. The van der Waals surface area contributed by atoms with Gasteiger partial charge in [0.1, 0.15) is 0 Å². The highest BCUT2D eigenvalue weighted by Gasteiger charge is 2.31. The lowest BCUT2D eigenvalue weighted by Crippen LogP contribution is -2.48. The van der Waals surface area contributed by atoms with Crippen LogP contribution in [-0.2, 0) is 0 Å². The number of urea groups is 1. The van der Waals surface area contributed by atoms with Crippen molar-refractivity contribution in [3.8, 4) is 10.4 Å². The summed E-state index contributed by atoms with van der Waals surface area (Å²) in [6.07, 6.45) is 1.96. The molecule has 144 valence electrons. The summed E-state index contributed by atoms with van der Waals surface area (Å²) < 4.78 is 0. The minimum Gasteiger partial charge on any atom is -0.308 e. The highest BCUT2D eigenvalue weighted by Crippen LogP contribution is 2.35. The van der Waals surface area contributed by atoms with E-state index in [-0.39, 0.29) is 6.03 Å². The molecule has 0 atom stereocenters. The molecule has 0 radical (unpaired) electrons. The van der Waals surface area contributed by atoms with Crippen LogP contribution in [0.1, 0.15) is 24.8 Å². The van der Waals surface area contributed by atoms with Crippen LogP contribution >= 0.6 is 11.3 Å². The number of benzene rings is 2. The molecule has 2 N–H and O–H groups in total. The van der Waals surface area contributed by atoms with Gasteiger partial charge in [-0.25, -0.2) is 9.78 Å². The first-order valence-electron chi connectivity index (χ1n) is 9.52. The third kappa shape index (κ3) is 4.24. The normalized spacial score (nSPS) is 14.7. The van der Waals surface area contributed by atoms with Gasteiger partial charge in [0.15, 0.2) is 0 Å². The zero-order valence-electron chi connectivity index (χ0n) is 16.1. The number of aromatic nitrogens is 1. The molecule has 0 unspecified atom stereocenters. The number of nitrogens with one attached hydrogen (secondary N) is 2. The van der Waals surface area contributed by atoms with Gasteiger partial charge in [0.25, 0.3) is 0 Å². The first-order chi connectivity index (χ1) is 13.6. The predicted octanol–water partition coefficient (Wildman–Crippen LogP) is 5.26. The monoisotopic (exact) mass is 392 g/mol. The van der Waals surface area contributed by atoms with E-state index in [1.165, 1.54) is 9.88 Å². The molecular weight excluding hydrogens is 368 g/mol. The molecule has 5 nitrogen and oxygen atoms in total. The topological polar surface area (TPSA) is 57.3 Å². The lowest BCUT2D eigenvalue weighted by Gasteiger charge is -2.41. The number of anilines is 2. The molecule has 1 aliphatic rings. The standard InChI is InChI=1S/C22H24N4OS/c1-15(2)26-13-17(14-26)21-23-12-20(28-21)16-8-10-19(11-9-16)25-22(27)24-18-6-4-3-5-7-18/h3-12,15,17H,13-14H2,1-2H3,(H2,24,25,27). The fourth-order valence-corrected chi connectivity index (χ4v) is 4.24. The fourth-order valence-electron chi connectivity index (χ4n) is 3.23. The second-order valence-electron chi connectivity index (χ2n) is 7.33. The van der Waals surface area contributed by atoms with Crippen LogP contribution in [0.3, 0.4) is 0 Å². The average molecular weight is 393 g/mol. The van der Waals surface area contributed by atoms with Gasteiger partial charge in [-0.05, 0) is 43.7 Å². The van der Waals surface area contributed by atoms with Crippen LogP contribution in [0.5, 0.6) is 0 Å². The minimum atomic E-state index is -0.251. The molecule has 0 saturated carbocycles. The molecule has 2 heterocycles. The molecule has 4 rings (SSSR count). The van der Waals surface area contributed by atoms with E-state index in [1.807, 2.05) is 60.8 Å². The Kier molecular flexibility index (Phi) is 5.41. The van der Waals surface area contributed by atoms with Crippen LogP contribution in [0.2, 0.25) is 0 Å². The van der Waals surface area contributed by atoms with Crippen LogP contribution in [0.15, 0.2) is 60.8 Å². The summed E-state index contributed by atoms with van der Waals surface area (Å²) >= 11 is 1.77. The Hall–Kier alpha value is -2.70. The van der Waals surface area contributed by atoms with E-state index in [4.69, 9.17) is 0 Å². The number of amides is 2. The van der Waals surface area contributed by atoms with E-state index >= 15 is 0 Å². The van der Waals surface area contributed by atoms with Crippen LogP contribution in [0.25, 0.3) is 10.4 Å². The maximum Gasteiger partial charge on any atom is 0.323 e. The van der Waals surface area contributed by atoms with Crippen molar-refractivity contribution in [2.45, 2.75) is 25.8 Å². The lowest BCUT2D eigenvalue weighted by atomic mass is 9.99. The smallest absolute Gasteiger partial charge is 0.308 e. The Morgan fingerprint density at radius 1 is 1.04 bits per heavy atom. The van der Waals surface area contributed by atoms with Gasteiger partial charge < -0.3 is 10.6 Å². The average Bonchev–Trinajstić information content (AvgIpc) is 3.11. The van der Waals surface area contributed by atoms with Crippen molar-refractivity contribution >= 4 is 28.7 Å². The molecule has 6 heteroatoms. The Bertz CT molecular complexity index is 931. The summed E-state index contributed by atoms with van der Waals surface area (Å²) in [5.41, 5.74) is 2.65. The summed E-state index contributed by atoms with van der Waals surface area (Å²) in [7, 11) is 0. The number of thiazole rings is 1. The second kappa shape index (κ2) is 8.12. The van der Waals surface area contributed by atoms with Gasteiger partial charge in [0.05, 0.1) is 9.88 Å². The van der Waals surface area contributed by atoms with E-state index in [2.05, 4.69) is 34.4 Å². The summed E-state index contributed by atoms with van der Waals surface area (Å²) in [6.45, 7) is 6.67. The Labute approximate surface area is 169 Å². The van der Waals surface area contributed by atoms with E-state index in [0.717, 1.165) is 30.0 Å². The van der Waals surface area contributed by atoms with E-state index in [1.54, 1.807) is 11.3 Å². The predicted molar refractivity (Wildman–Crippen MR) is 116 cm³/mol. The first-order valence-corrected chi connectivity index (χ1v) is 10.3. The van der Waals surface area contributed by atoms with E-state index in [0.29, 0.717) is 12.0 Å². The van der Waals surface area contributed by atoms with Gasteiger partial charge >= 0.3 is 6.03 Å². The van der Waals surface area contributed by atoms with Crippen molar-refractivity contribution in [1.29, 1.82) is 0 Å². The van der Waals surface area contributed by atoms with Gasteiger partial charge in [-0.3, -0.25) is 4.90 Å². The number of rotatable bonds is 5. The Morgan fingerprint density at radius 2 is 1.68 bits per heavy atom. The molecule has 28 heavy (non-hydrogen) atoms. The maximum atomic E-state index is 12.1. The molecule has 1 aliphatic heterocycles. The first kappa shape index (κ1) is 18.7. The van der Waals surface area contributed by atoms with Crippen LogP contribution in [0.4, 0.5) is 16.2 Å². The molecule has 2 amide bonds. The molecule has 1 saturated heterocycles. The quantitative estimate of drug-likeness (QED) is 0.622. The zero-order valence-corrected chi connectivity index (χ0v) is 16.9. The van der Waals surface area contributed by atoms with Crippen molar-refractivity contribution in [2.75, 3.05) is 23.7 Å². The SMILES string of the molecule is CC(C)N1CC(c2ncc(-c3ccc(NC(=O)Nc4ccccc4)cc3)s2)C1. The summed E-state index contributed by atoms with van der Waals surface area (Å²) in [6, 6.07) is 17.6. The molecular formula is C22H24N4OS. The molecule has 3 aromatic rings. The van der Waals surface area contributed by atoms with Gasteiger partial charge in [-0.15, -0.1) is 11.3 Å². The molecule has 0 bridgehead atoms. The van der Waals surface area contributed by atoms with Crippen LogP contribution in [0, 0.1) is 0 Å². The van der Waals surface area contributed by atoms with Gasteiger partial charge in [-0.1, -0.05) is 30.3 Å². The number of hydrogen-bond acceptors (Lipinski definition) is 4. The number of carbonyl (C=O) groups is 1. The van der Waals surface area contributed by atoms with Gasteiger partial charge in [0, 0.05) is 42.6 Å². The third-order valence-electron chi connectivity index (χ3n) is 4.97. The summed E-state index contributed by atoms with van der Waals surface area (Å²) in [5, 5.41) is 6.89. The fraction of sp³-hybridized carbons (Fsp3) is 0.273. The maximum absolute atomic E-state index is 12.1. The van der Waals surface area contributed by atoms with E-state index in [9.17, 15) is 4.79 Å². The number of para-hydroxylation sites is 1. The number of nitrogens with zero attached hydrogens (tertiary/aromatic N) is 2. The van der Waals surface area contributed by atoms with Crippen LogP contribution < -0.4 is 10.6 Å². The molecule has 0 spiro atoms. The molecule has 0 aliphatic carbocycles. The number of carbonyl (C=O) groups excluding carboxylic acids is 1. The zero-order chi connectivity index (χ0) is 19.5. The highest BCUT2D eigenvalue weighted by molar-refractivity contribution is 7.15. The van der Waals surface area contributed by atoms with Crippen LogP contribution in [-0.4, -0.2) is 35.0 Å². The van der Waals surface area contributed by atoms with Gasteiger partial charge in [0.2, 0.25) is 0 Å². The third-order valence-corrected chi connectivity index (χ3v) is 6.18. The van der Waals surface area contributed by atoms with Crippen molar-refractivity contribution in [1.82, 2.24) is 9.88 Å². The largest absolute Gasteiger partial charge is 0.323 e. The van der Waals surface area contributed by atoms with Gasteiger partial charge in [-0.2, -0.15) is 0 Å². The minimum absolute atomic E-state index is 0.251. The van der Waals surface area contributed by atoms with E-state index < -0.39 is 0 Å². The summed E-state index contributed by atoms with van der Waals surface area (Å²) in [5.74, 6) is 0.559. The molecule has 2 aromatic carbocycles. The Morgan fingerprint density at radius 3 is 2.32 bits per heavy atom. The highest BCUT2D eigenvalue weighted by atomic mass is 32.1. The second-order valence-corrected chi connectivity index (χ2v) is 8.39. The molecule has 1 fully saturated rings. The number of hydrogen-bond donors (Lipinski definition) is 2. The van der Waals surface area contributed by atoms with Crippen molar-refractivity contribution < 1.29 is 4.79 Å². The Balaban J connectivity index is 1.35. The van der Waals surface area contributed by atoms with Crippen molar-refractivity contribution in [3.05, 3.63) is 65.8 Å². The summed E-state index contributed by atoms with van der Waals surface area (Å²) in [4.78, 5) is 20.4. The van der Waals surface area contributed by atoms with Crippen molar-refractivity contribution in [3.63, 3.8) is 0 Å². The lowest BCUT2D eigenvalue weighted by molar-refractivity contribution is 0.110. The number of likely N-dealkylation sites (tertiary alicyclic amines) is 1. The van der Waals surface area contributed by atoms with Crippen molar-refractivity contribution in [2.24, 2.45) is 0 Å².